The van der Waals surface area contributed by atoms with Gasteiger partial charge in [0.1, 0.15) is 0 Å². The number of nitrogens with one attached hydrogen (secondary N) is 1. The summed E-state index contributed by atoms with van der Waals surface area (Å²) in [5.41, 5.74) is 0.00662. The number of hydrogen-bond donors (Lipinski definition) is 1. The fourth-order valence-corrected chi connectivity index (χ4v) is 4.59. The zero-order valence-corrected chi connectivity index (χ0v) is 14.4. The van der Waals surface area contributed by atoms with E-state index in [0.717, 1.165) is 39.1 Å². The van der Waals surface area contributed by atoms with E-state index in [9.17, 15) is 4.79 Å². The predicted molar refractivity (Wildman–Crippen MR) is 92.0 cm³/mol. The zero-order valence-electron chi connectivity index (χ0n) is 13.6. The van der Waals surface area contributed by atoms with Gasteiger partial charge in [-0.25, -0.2) is 0 Å². The third-order valence-electron chi connectivity index (χ3n) is 5.07. The molecular formula is C18H22N2O3S. The highest BCUT2D eigenvalue weighted by Crippen LogP contribution is 2.42. The van der Waals surface area contributed by atoms with E-state index in [2.05, 4.69) is 27.7 Å². The molecule has 0 aromatic carbocycles. The first-order valence-electron chi connectivity index (χ1n) is 8.46. The largest absolute Gasteiger partial charge is 0.459 e. The molecule has 2 saturated heterocycles. The Kier molecular flexibility index (Phi) is 4.43. The SMILES string of the molecule is O=C(NCC[C@@H]1CCOC12CN(Cc1cccs1)C2)c1ccco1. The van der Waals surface area contributed by atoms with Gasteiger partial charge < -0.3 is 14.5 Å². The van der Waals surface area contributed by atoms with Crippen LogP contribution in [-0.2, 0) is 11.3 Å². The predicted octanol–water partition coefficient (Wildman–Crippen LogP) is 2.75. The smallest absolute Gasteiger partial charge is 0.286 e. The van der Waals surface area contributed by atoms with Crippen LogP contribution in [0.1, 0.15) is 28.3 Å². The highest BCUT2D eigenvalue weighted by molar-refractivity contribution is 7.09. The van der Waals surface area contributed by atoms with Crippen molar-refractivity contribution >= 4 is 17.2 Å². The lowest BCUT2D eigenvalue weighted by Crippen LogP contribution is -2.64. The molecule has 0 saturated carbocycles. The molecule has 1 N–H and O–H groups in total. The Morgan fingerprint density at radius 1 is 1.38 bits per heavy atom. The molecule has 2 aromatic heterocycles. The van der Waals surface area contributed by atoms with Gasteiger partial charge in [0.05, 0.1) is 11.9 Å². The molecule has 2 aromatic rings. The van der Waals surface area contributed by atoms with E-state index < -0.39 is 0 Å². The van der Waals surface area contributed by atoms with Crippen LogP contribution in [0.3, 0.4) is 0 Å². The van der Waals surface area contributed by atoms with Gasteiger partial charge in [0.25, 0.3) is 5.91 Å². The second-order valence-corrected chi connectivity index (χ2v) is 7.68. The molecule has 2 fully saturated rings. The van der Waals surface area contributed by atoms with E-state index in [1.54, 1.807) is 12.1 Å². The Labute approximate surface area is 145 Å². The first-order chi connectivity index (χ1) is 11.8. The molecule has 1 atom stereocenters. The van der Waals surface area contributed by atoms with Gasteiger partial charge in [-0.1, -0.05) is 6.07 Å². The van der Waals surface area contributed by atoms with E-state index in [4.69, 9.17) is 9.15 Å². The summed E-state index contributed by atoms with van der Waals surface area (Å²) in [5, 5.41) is 5.07. The number of amides is 1. The first-order valence-corrected chi connectivity index (χ1v) is 9.33. The molecule has 4 rings (SSSR count). The molecule has 6 heteroatoms. The van der Waals surface area contributed by atoms with Crippen molar-refractivity contribution in [2.24, 2.45) is 5.92 Å². The fraction of sp³-hybridized carbons (Fsp3) is 0.500. The number of carbonyl (C=O) groups excluding carboxylic acids is 1. The van der Waals surface area contributed by atoms with Gasteiger partial charge in [-0.15, -0.1) is 11.3 Å². The van der Waals surface area contributed by atoms with Crippen molar-refractivity contribution in [1.29, 1.82) is 0 Å². The van der Waals surface area contributed by atoms with Gasteiger partial charge in [0.2, 0.25) is 0 Å². The Bertz CT molecular complexity index is 663. The molecule has 2 aliphatic rings. The van der Waals surface area contributed by atoms with Crippen LogP contribution in [0.25, 0.3) is 0 Å². The minimum atomic E-state index is -0.138. The summed E-state index contributed by atoms with van der Waals surface area (Å²) < 4.78 is 11.2. The van der Waals surface area contributed by atoms with Gasteiger partial charge >= 0.3 is 0 Å². The molecule has 4 heterocycles. The maximum atomic E-state index is 11.9. The number of furan rings is 1. The highest BCUT2D eigenvalue weighted by atomic mass is 32.1. The summed E-state index contributed by atoms with van der Waals surface area (Å²) >= 11 is 1.81. The van der Waals surface area contributed by atoms with Crippen LogP contribution in [0.5, 0.6) is 0 Å². The van der Waals surface area contributed by atoms with Crippen LogP contribution in [-0.4, -0.2) is 42.6 Å². The van der Waals surface area contributed by atoms with Crippen LogP contribution in [0, 0.1) is 5.92 Å². The van der Waals surface area contributed by atoms with Crippen LogP contribution in [0.15, 0.2) is 40.3 Å². The van der Waals surface area contributed by atoms with Gasteiger partial charge in [-0.3, -0.25) is 9.69 Å². The summed E-state index contributed by atoms with van der Waals surface area (Å²) in [4.78, 5) is 15.8. The quantitative estimate of drug-likeness (QED) is 0.874. The van der Waals surface area contributed by atoms with E-state index in [-0.39, 0.29) is 11.5 Å². The average Bonchev–Trinajstić information content (AvgIpc) is 3.28. The Morgan fingerprint density at radius 2 is 2.29 bits per heavy atom. The second kappa shape index (κ2) is 6.70. The number of hydrogen-bond acceptors (Lipinski definition) is 5. The van der Waals surface area contributed by atoms with Crippen LogP contribution < -0.4 is 5.32 Å². The van der Waals surface area contributed by atoms with Gasteiger partial charge in [0.15, 0.2) is 5.76 Å². The van der Waals surface area contributed by atoms with E-state index >= 15 is 0 Å². The molecular weight excluding hydrogens is 324 g/mol. The van der Waals surface area contributed by atoms with E-state index in [1.807, 2.05) is 11.3 Å². The zero-order chi connectivity index (χ0) is 16.4. The van der Waals surface area contributed by atoms with Crippen molar-refractivity contribution in [3.63, 3.8) is 0 Å². The van der Waals surface area contributed by atoms with E-state index in [0.29, 0.717) is 18.2 Å². The van der Waals surface area contributed by atoms with Gasteiger partial charge in [0, 0.05) is 37.7 Å². The number of likely N-dealkylation sites (tertiary alicyclic amines) is 1. The monoisotopic (exact) mass is 346 g/mol. The van der Waals surface area contributed by atoms with E-state index in [1.165, 1.54) is 11.1 Å². The van der Waals surface area contributed by atoms with Crippen LogP contribution in [0.4, 0.5) is 0 Å². The van der Waals surface area contributed by atoms with Crippen molar-refractivity contribution in [3.8, 4) is 0 Å². The summed E-state index contributed by atoms with van der Waals surface area (Å²) in [5.74, 6) is 0.757. The summed E-state index contributed by atoms with van der Waals surface area (Å²) in [6, 6.07) is 7.70. The highest BCUT2D eigenvalue weighted by Gasteiger charge is 2.52. The lowest BCUT2D eigenvalue weighted by Gasteiger charge is -2.50. The molecule has 5 nitrogen and oxygen atoms in total. The minimum absolute atomic E-state index is 0.00662. The second-order valence-electron chi connectivity index (χ2n) is 6.65. The lowest BCUT2D eigenvalue weighted by atomic mass is 9.79. The standard InChI is InChI=1S/C18H22N2O3S/c21-17(16-4-1-8-22-16)19-7-5-14-6-9-23-18(14)12-20(13-18)11-15-3-2-10-24-15/h1-4,8,10,14H,5-7,9,11-13H2,(H,19,21)/t14-/m1/s1. The molecule has 2 aliphatic heterocycles. The maximum Gasteiger partial charge on any atom is 0.286 e. The molecule has 24 heavy (non-hydrogen) atoms. The van der Waals surface area contributed by atoms with Crippen LogP contribution in [0.2, 0.25) is 0 Å². The third-order valence-corrected chi connectivity index (χ3v) is 5.93. The lowest BCUT2D eigenvalue weighted by molar-refractivity contribution is -0.136. The Morgan fingerprint density at radius 3 is 3.04 bits per heavy atom. The van der Waals surface area contributed by atoms with Crippen LogP contribution >= 0.6 is 11.3 Å². The van der Waals surface area contributed by atoms with Gasteiger partial charge in [-0.2, -0.15) is 0 Å². The summed E-state index contributed by atoms with van der Waals surface area (Å²) in [6.07, 6.45) is 3.56. The minimum Gasteiger partial charge on any atom is -0.459 e. The average molecular weight is 346 g/mol. The Balaban J connectivity index is 1.25. The Hall–Kier alpha value is -1.63. The van der Waals surface area contributed by atoms with Crippen molar-refractivity contribution in [2.45, 2.75) is 25.0 Å². The molecule has 0 radical (unpaired) electrons. The number of ether oxygens (including phenoxy) is 1. The molecule has 0 unspecified atom stereocenters. The fourth-order valence-electron chi connectivity index (χ4n) is 3.84. The summed E-state index contributed by atoms with van der Waals surface area (Å²) in [6.45, 7) is 4.53. The number of carbonyl (C=O) groups is 1. The van der Waals surface area contributed by atoms with Gasteiger partial charge in [-0.05, 0) is 42.3 Å². The maximum absolute atomic E-state index is 11.9. The molecule has 0 bridgehead atoms. The third kappa shape index (κ3) is 3.14. The normalized spacial score (nSPS) is 22.6. The van der Waals surface area contributed by atoms with Crippen molar-refractivity contribution in [3.05, 3.63) is 46.5 Å². The number of thiophene rings is 1. The van der Waals surface area contributed by atoms with Crippen molar-refractivity contribution in [2.75, 3.05) is 26.2 Å². The molecule has 128 valence electrons. The topological polar surface area (TPSA) is 54.7 Å². The molecule has 1 amide bonds. The number of nitrogens with zero attached hydrogens (tertiary/aromatic N) is 1. The van der Waals surface area contributed by atoms with Crippen molar-refractivity contribution < 1.29 is 13.9 Å². The first kappa shape index (κ1) is 15.9. The molecule has 1 spiro atoms. The van der Waals surface area contributed by atoms with Crippen molar-refractivity contribution in [1.82, 2.24) is 10.2 Å². The molecule has 0 aliphatic carbocycles. The summed E-state index contributed by atoms with van der Waals surface area (Å²) in [7, 11) is 0. The number of rotatable bonds is 6.